The van der Waals surface area contributed by atoms with Crippen LogP contribution in [0, 0.1) is 5.92 Å². The smallest absolute Gasteiger partial charge is 0.315 e. The summed E-state index contributed by atoms with van der Waals surface area (Å²) in [7, 11) is 0. The Balaban J connectivity index is 1.81. The van der Waals surface area contributed by atoms with E-state index in [0.717, 1.165) is 24.3 Å². The van der Waals surface area contributed by atoms with Gasteiger partial charge in [0.15, 0.2) is 0 Å². The van der Waals surface area contributed by atoms with Gasteiger partial charge in [0.1, 0.15) is 0 Å². The Hall–Kier alpha value is -1.55. The highest BCUT2D eigenvalue weighted by Gasteiger charge is 2.21. The molecule has 0 radical (unpaired) electrons. The van der Waals surface area contributed by atoms with Crippen LogP contribution in [0.1, 0.15) is 43.4 Å². The van der Waals surface area contributed by atoms with Crippen LogP contribution in [0.15, 0.2) is 24.3 Å². The first-order valence-corrected chi connectivity index (χ1v) is 7.47. The molecular weight excluding hydrogens is 252 g/mol. The van der Waals surface area contributed by atoms with E-state index in [1.54, 1.807) is 0 Å². The van der Waals surface area contributed by atoms with E-state index >= 15 is 0 Å². The van der Waals surface area contributed by atoms with Gasteiger partial charge < -0.3 is 15.7 Å². The maximum atomic E-state index is 11.8. The second-order valence-corrected chi connectivity index (χ2v) is 5.46. The van der Waals surface area contributed by atoms with Gasteiger partial charge >= 0.3 is 6.03 Å². The second-order valence-electron chi connectivity index (χ2n) is 5.46. The molecule has 0 saturated heterocycles. The highest BCUT2D eigenvalue weighted by molar-refractivity contribution is 5.74. The van der Waals surface area contributed by atoms with E-state index in [2.05, 4.69) is 17.6 Å². The predicted octanol–water partition coefficient (Wildman–Crippen LogP) is 2.38. The van der Waals surface area contributed by atoms with Crippen molar-refractivity contribution in [2.75, 3.05) is 13.2 Å². The van der Waals surface area contributed by atoms with Crippen molar-refractivity contribution in [3.63, 3.8) is 0 Å². The minimum atomic E-state index is -0.346. The Morgan fingerprint density at radius 1 is 1.35 bits per heavy atom. The summed E-state index contributed by atoms with van der Waals surface area (Å²) in [5.74, 6) is 0.811. The van der Waals surface area contributed by atoms with Crippen molar-refractivity contribution in [2.45, 2.75) is 38.6 Å². The molecule has 1 fully saturated rings. The van der Waals surface area contributed by atoms with Crippen LogP contribution in [0.4, 0.5) is 4.79 Å². The van der Waals surface area contributed by atoms with Crippen LogP contribution in [-0.4, -0.2) is 24.3 Å². The number of carbonyl (C=O) groups excluding carboxylic acids is 1. The van der Waals surface area contributed by atoms with E-state index in [9.17, 15) is 9.90 Å². The molecule has 1 saturated carbocycles. The number of urea groups is 1. The third-order valence-electron chi connectivity index (χ3n) is 3.81. The number of benzene rings is 1. The number of aliphatic hydroxyl groups is 1. The molecule has 1 unspecified atom stereocenters. The van der Waals surface area contributed by atoms with E-state index in [1.807, 2.05) is 24.3 Å². The number of carbonyl (C=O) groups is 1. The maximum Gasteiger partial charge on any atom is 0.315 e. The molecule has 1 aliphatic rings. The summed E-state index contributed by atoms with van der Waals surface area (Å²) >= 11 is 0. The fourth-order valence-corrected chi connectivity index (χ4v) is 2.23. The topological polar surface area (TPSA) is 61.4 Å². The summed E-state index contributed by atoms with van der Waals surface area (Å²) in [6.07, 6.45) is 4.64. The average molecular weight is 276 g/mol. The molecule has 20 heavy (non-hydrogen) atoms. The molecule has 3 N–H and O–H groups in total. The minimum Gasteiger partial charge on any atom is -0.394 e. The van der Waals surface area contributed by atoms with Crippen LogP contribution in [0.5, 0.6) is 0 Å². The molecule has 1 aromatic carbocycles. The molecule has 1 atom stereocenters. The third-order valence-corrected chi connectivity index (χ3v) is 3.81. The lowest BCUT2D eigenvalue weighted by molar-refractivity contribution is 0.216. The highest BCUT2D eigenvalue weighted by Crippen LogP contribution is 2.31. The van der Waals surface area contributed by atoms with Gasteiger partial charge in [0.25, 0.3) is 0 Å². The lowest BCUT2D eigenvalue weighted by Crippen LogP contribution is -2.39. The standard InChI is InChI=1S/C16H24N2O2/c1-2-12-5-7-14(8-6-12)15(11-19)18-16(20)17-10-9-13-3-4-13/h5-8,13,15,19H,2-4,9-11H2,1H3,(H2,17,18,20). The first-order valence-electron chi connectivity index (χ1n) is 7.47. The van der Waals surface area contributed by atoms with Crippen molar-refractivity contribution < 1.29 is 9.90 Å². The summed E-state index contributed by atoms with van der Waals surface area (Å²) in [5.41, 5.74) is 2.18. The molecule has 0 aromatic heterocycles. The molecule has 0 heterocycles. The van der Waals surface area contributed by atoms with Crippen molar-refractivity contribution in [2.24, 2.45) is 5.92 Å². The van der Waals surface area contributed by atoms with Gasteiger partial charge in [-0.3, -0.25) is 0 Å². The van der Waals surface area contributed by atoms with Gasteiger partial charge in [-0.15, -0.1) is 0 Å². The van der Waals surface area contributed by atoms with E-state index in [1.165, 1.54) is 18.4 Å². The van der Waals surface area contributed by atoms with Gasteiger partial charge in [0.2, 0.25) is 0 Å². The SMILES string of the molecule is CCc1ccc(C(CO)NC(=O)NCCC2CC2)cc1. The number of rotatable bonds is 7. The summed E-state index contributed by atoms with van der Waals surface area (Å²) in [5, 5.41) is 15.1. The van der Waals surface area contributed by atoms with Gasteiger partial charge in [-0.25, -0.2) is 4.79 Å². The Bertz CT molecular complexity index is 427. The Morgan fingerprint density at radius 3 is 2.60 bits per heavy atom. The Labute approximate surface area is 120 Å². The Kier molecular flexibility index (Phi) is 5.41. The number of aryl methyl sites for hydroxylation is 1. The van der Waals surface area contributed by atoms with E-state index < -0.39 is 0 Å². The quantitative estimate of drug-likeness (QED) is 0.716. The van der Waals surface area contributed by atoms with E-state index in [0.29, 0.717) is 6.54 Å². The molecular formula is C16H24N2O2. The zero-order valence-electron chi connectivity index (χ0n) is 12.1. The fourth-order valence-electron chi connectivity index (χ4n) is 2.23. The molecule has 2 rings (SSSR count). The largest absolute Gasteiger partial charge is 0.394 e. The van der Waals surface area contributed by atoms with Crippen LogP contribution < -0.4 is 10.6 Å². The molecule has 1 aromatic rings. The lowest BCUT2D eigenvalue weighted by Gasteiger charge is -2.17. The predicted molar refractivity (Wildman–Crippen MR) is 79.5 cm³/mol. The third kappa shape index (κ3) is 4.53. The van der Waals surface area contributed by atoms with Crippen LogP contribution in [0.25, 0.3) is 0 Å². The first-order chi connectivity index (χ1) is 9.72. The first kappa shape index (κ1) is 14.9. The normalized spacial score (nSPS) is 15.7. The molecule has 1 aliphatic carbocycles. The van der Waals surface area contributed by atoms with Crippen molar-refractivity contribution >= 4 is 6.03 Å². The average Bonchev–Trinajstić information content (AvgIpc) is 3.29. The van der Waals surface area contributed by atoms with Crippen molar-refractivity contribution in [1.82, 2.24) is 10.6 Å². The van der Waals surface area contributed by atoms with Crippen molar-refractivity contribution in [1.29, 1.82) is 0 Å². The summed E-state index contributed by atoms with van der Waals surface area (Å²) in [6, 6.07) is 7.44. The van der Waals surface area contributed by atoms with E-state index in [4.69, 9.17) is 0 Å². The van der Waals surface area contributed by atoms with Gasteiger partial charge in [-0.05, 0) is 29.9 Å². The molecule has 0 bridgehead atoms. The molecule has 0 aliphatic heterocycles. The van der Waals surface area contributed by atoms with Crippen LogP contribution in [0.2, 0.25) is 0 Å². The summed E-state index contributed by atoms with van der Waals surface area (Å²) in [6.45, 7) is 2.72. The van der Waals surface area contributed by atoms with Crippen LogP contribution >= 0.6 is 0 Å². The maximum absolute atomic E-state index is 11.8. The number of hydrogen-bond acceptors (Lipinski definition) is 2. The molecule has 4 nitrogen and oxygen atoms in total. The van der Waals surface area contributed by atoms with Crippen LogP contribution in [-0.2, 0) is 6.42 Å². The molecule has 110 valence electrons. The monoisotopic (exact) mass is 276 g/mol. The molecule has 0 spiro atoms. The summed E-state index contributed by atoms with van der Waals surface area (Å²) in [4.78, 5) is 11.8. The lowest BCUT2D eigenvalue weighted by atomic mass is 10.0. The van der Waals surface area contributed by atoms with Gasteiger partial charge in [0, 0.05) is 6.54 Å². The van der Waals surface area contributed by atoms with Crippen molar-refractivity contribution in [3.05, 3.63) is 35.4 Å². The fraction of sp³-hybridized carbons (Fsp3) is 0.562. The Morgan fingerprint density at radius 2 is 2.05 bits per heavy atom. The second kappa shape index (κ2) is 7.29. The summed E-state index contributed by atoms with van der Waals surface area (Å²) < 4.78 is 0. The van der Waals surface area contributed by atoms with Gasteiger partial charge in [0.05, 0.1) is 12.6 Å². The number of amides is 2. The van der Waals surface area contributed by atoms with E-state index in [-0.39, 0.29) is 18.7 Å². The van der Waals surface area contributed by atoms with Gasteiger partial charge in [-0.1, -0.05) is 44.0 Å². The zero-order valence-corrected chi connectivity index (χ0v) is 12.1. The van der Waals surface area contributed by atoms with Crippen molar-refractivity contribution in [3.8, 4) is 0 Å². The minimum absolute atomic E-state index is 0.0957. The number of nitrogens with one attached hydrogen (secondary N) is 2. The zero-order chi connectivity index (χ0) is 14.4. The number of aliphatic hydroxyl groups excluding tert-OH is 1. The molecule has 4 heteroatoms. The van der Waals surface area contributed by atoms with Crippen LogP contribution in [0.3, 0.4) is 0 Å². The highest BCUT2D eigenvalue weighted by atomic mass is 16.3. The van der Waals surface area contributed by atoms with Gasteiger partial charge in [-0.2, -0.15) is 0 Å². The number of hydrogen-bond donors (Lipinski definition) is 3. The molecule has 2 amide bonds.